The van der Waals surface area contributed by atoms with E-state index in [9.17, 15) is 4.79 Å². The van der Waals surface area contributed by atoms with E-state index in [2.05, 4.69) is 20.8 Å². The molecular weight excluding hydrogens is 308 g/mol. The van der Waals surface area contributed by atoms with Gasteiger partial charge in [0.15, 0.2) is 0 Å². The third-order valence-electron chi connectivity index (χ3n) is 3.25. The monoisotopic (exact) mass is 332 g/mol. The fraction of sp³-hybridized carbons (Fsp3) is 0.412. The van der Waals surface area contributed by atoms with Crippen LogP contribution in [0.15, 0.2) is 30.6 Å². The minimum Gasteiger partial charge on any atom is -0.497 e. The molecule has 130 valence electrons. The summed E-state index contributed by atoms with van der Waals surface area (Å²) in [5, 5.41) is 12.8. The third kappa shape index (κ3) is 4.91. The Balaban J connectivity index is 2.19. The molecule has 2 rings (SSSR count). The SMILES string of the molecule is COc1ccc(NC(=O)OC(C)(C)C)c(NC(C)c2cn[nH]c2)c1. The van der Waals surface area contributed by atoms with Gasteiger partial charge < -0.3 is 14.8 Å². The first-order valence-corrected chi connectivity index (χ1v) is 7.72. The summed E-state index contributed by atoms with van der Waals surface area (Å²) in [6.45, 7) is 7.46. The van der Waals surface area contributed by atoms with Crippen LogP contribution in [0.5, 0.6) is 5.75 Å². The summed E-state index contributed by atoms with van der Waals surface area (Å²) < 4.78 is 10.6. The van der Waals surface area contributed by atoms with Gasteiger partial charge in [-0.05, 0) is 39.8 Å². The fourth-order valence-electron chi connectivity index (χ4n) is 2.11. The van der Waals surface area contributed by atoms with Gasteiger partial charge in [0.2, 0.25) is 0 Å². The molecule has 7 nitrogen and oxygen atoms in total. The number of H-pyrrole nitrogens is 1. The van der Waals surface area contributed by atoms with Crippen LogP contribution in [0.25, 0.3) is 0 Å². The third-order valence-corrected chi connectivity index (χ3v) is 3.25. The number of nitrogens with one attached hydrogen (secondary N) is 3. The molecule has 0 bridgehead atoms. The molecule has 0 fully saturated rings. The van der Waals surface area contributed by atoms with Crippen LogP contribution in [-0.4, -0.2) is 29.0 Å². The first-order valence-electron chi connectivity index (χ1n) is 7.72. The number of aromatic nitrogens is 2. The molecule has 1 unspecified atom stereocenters. The van der Waals surface area contributed by atoms with Gasteiger partial charge in [0, 0.05) is 17.8 Å². The maximum Gasteiger partial charge on any atom is 0.412 e. The van der Waals surface area contributed by atoms with Gasteiger partial charge in [-0.15, -0.1) is 0 Å². The van der Waals surface area contributed by atoms with Crippen molar-refractivity contribution in [3.05, 3.63) is 36.2 Å². The van der Waals surface area contributed by atoms with Crippen LogP contribution in [-0.2, 0) is 4.74 Å². The molecule has 1 aromatic heterocycles. The van der Waals surface area contributed by atoms with Crippen LogP contribution in [0.2, 0.25) is 0 Å². The van der Waals surface area contributed by atoms with Crippen LogP contribution in [0.1, 0.15) is 39.3 Å². The molecule has 0 saturated heterocycles. The number of hydrogen-bond acceptors (Lipinski definition) is 5. The molecule has 0 aliphatic heterocycles. The largest absolute Gasteiger partial charge is 0.497 e. The zero-order valence-electron chi connectivity index (χ0n) is 14.6. The lowest BCUT2D eigenvalue weighted by molar-refractivity contribution is 0.0636. The summed E-state index contributed by atoms with van der Waals surface area (Å²) in [4.78, 5) is 12.0. The Morgan fingerprint density at radius 1 is 1.29 bits per heavy atom. The van der Waals surface area contributed by atoms with E-state index >= 15 is 0 Å². The molecule has 1 aromatic carbocycles. The standard InChI is InChI=1S/C17H24N4O3/c1-11(12-9-18-19-10-12)20-15-8-13(23-5)6-7-14(15)21-16(22)24-17(2,3)4/h6-11,20H,1-5H3,(H,18,19)(H,21,22). The molecule has 24 heavy (non-hydrogen) atoms. The number of benzene rings is 1. The Labute approximate surface area is 141 Å². The molecule has 0 aliphatic carbocycles. The summed E-state index contributed by atoms with van der Waals surface area (Å²) in [6.07, 6.45) is 3.06. The maximum atomic E-state index is 12.0. The second-order valence-electron chi connectivity index (χ2n) is 6.44. The van der Waals surface area contributed by atoms with E-state index in [-0.39, 0.29) is 6.04 Å². The van der Waals surface area contributed by atoms with Crippen molar-refractivity contribution in [2.75, 3.05) is 17.7 Å². The zero-order chi connectivity index (χ0) is 17.7. The van der Waals surface area contributed by atoms with Gasteiger partial charge in [0.05, 0.1) is 30.7 Å². The smallest absolute Gasteiger partial charge is 0.412 e. The predicted molar refractivity (Wildman–Crippen MR) is 93.5 cm³/mol. The molecule has 0 aliphatic rings. The van der Waals surface area contributed by atoms with Gasteiger partial charge in [-0.3, -0.25) is 10.4 Å². The molecule has 0 saturated carbocycles. The molecule has 1 heterocycles. The number of hydrogen-bond donors (Lipinski definition) is 3. The summed E-state index contributed by atoms with van der Waals surface area (Å²) in [5.74, 6) is 0.687. The topological polar surface area (TPSA) is 88.3 Å². The summed E-state index contributed by atoms with van der Waals surface area (Å²) in [5.41, 5.74) is 1.78. The lowest BCUT2D eigenvalue weighted by atomic mass is 10.1. The Bertz CT molecular complexity index is 678. The first-order chi connectivity index (χ1) is 11.3. The number of carbonyl (C=O) groups excluding carboxylic acids is 1. The van der Waals surface area contributed by atoms with Crippen molar-refractivity contribution < 1.29 is 14.3 Å². The Morgan fingerprint density at radius 2 is 2.04 bits per heavy atom. The van der Waals surface area contributed by atoms with Gasteiger partial charge in [-0.1, -0.05) is 0 Å². The fourth-order valence-corrected chi connectivity index (χ4v) is 2.11. The van der Waals surface area contributed by atoms with E-state index < -0.39 is 11.7 Å². The van der Waals surface area contributed by atoms with Crippen molar-refractivity contribution in [3.8, 4) is 5.75 Å². The molecule has 0 spiro atoms. The number of methoxy groups -OCH3 is 1. The molecular formula is C17H24N4O3. The van der Waals surface area contributed by atoms with E-state index in [1.165, 1.54) is 0 Å². The summed E-state index contributed by atoms with van der Waals surface area (Å²) in [7, 11) is 1.60. The minimum absolute atomic E-state index is 0.00459. The number of ether oxygens (including phenoxy) is 2. The predicted octanol–water partition coefficient (Wildman–Crippen LogP) is 3.94. The summed E-state index contributed by atoms with van der Waals surface area (Å²) >= 11 is 0. The van der Waals surface area contributed by atoms with Gasteiger partial charge in [0.25, 0.3) is 0 Å². The van der Waals surface area contributed by atoms with Crippen molar-refractivity contribution in [1.82, 2.24) is 10.2 Å². The molecule has 0 radical (unpaired) electrons. The van der Waals surface area contributed by atoms with Crippen molar-refractivity contribution in [3.63, 3.8) is 0 Å². The zero-order valence-corrected chi connectivity index (χ0v) is 14.6. The van der Waals surface area contributed by atoms with Gasteiger partial charge >= 0.3 is 6.09 Å². The van der Waals surface area contributed by atoms with Crippen LogP contribution in [0, 0.1) is 0 Å². The van der Waals surface area contributed by atoms with Gasteiger partial charge in [-0.2, -0.15) is 5.10 Å². The minimum atomic E-state index is -0.561. The first kappa shape index (κ1) is 17.7. The number of carbonyl (C=O) groups is 1. The number of nitrogens with zero attached hydrogens (tertiary/aromatic N) is 1. The quantitative estimate of drug-likeness (QED) is 0.772. The van der Waals surface area contributed by atoms with Crippen LogP contribution in [0.3, 0.4) is 0 Å². The molecule has 1 amide bonds. The maximum absolute atomic E-state index is 12.0. The highest BCUT2D eigenvalue weighted by Crippen LogP contribution is 2.30. The highest BCUT2D eigenvalue weighted by molar-refractivity contribution is 5.90. The number of rotatable bonds is 5. The van der Waals surface area contributed by atoms with E-state index in [1.54, 1.807) is 25.4 Å². The lowest BCUT2D eigenvalue weighted by Gasteiger charge is -2.22. The van der Waals surface area contributed by atoms with Crippen molar-refractivity contribution >= 4 is 17.5 Å². The van der Waals surface area contributed by atoms with E-state index in [0.717, 1.165) is 11.3 Å². The van der Waals surface area contributed by atoms with E-state index in [0.29, 0.717) is 11.4 Å². The van der Waals surface area contributed by atoms with Crippen LogP contribution in [0.4, 0.5) is 16.2 Å². The summed E-state index contributed by atoms with van der Waals surface area (Å²) in [6, 6.07) is 5.37. The number of aromatic amines is 1. The van der Waals surface area contributed by atoms with Crippen molar-refractivity contribution in [2.45, 2.75) is 39.3 Å². The van der Waals surface area contributed by atoms with E-state index in [1.807, 2.05) is 40.0 Å². The Hall–Kier alpha value is -2.70. The number of anilines is 2. The second-order valence-corrected chi connectivity index (χ2v) is 6.44. The lowest BCUT2D eigenvalue weighted by Crippen LogP contribution is -2.27. The average molecular weight is 332 g/mol. The molecule has 3 N–H and O–H groups in total. The van der Waals surface area contributed by atoms with Crippen molar-refractivity contribution in [2.24, 2.45) is 0 Å². The highest BCUT2D eigenvalue weighted by Gasteiger charge is 2.18. The van der Waals surface area contributed by atoms with Crippen LogP contribution >= 0.6 is 0 Å². The normalized spacial score (nSPS) is 12.4. The molecule has 7 heteroatoms. The Morgan fingerprint density at radius 3 is 2.62 bits per heavy atom. The Kier molecular flexibility index (Phi) is 5.33. The molecule has 1 atom stereocenters. The number of amides is 1. The van der Waals surface area contributed by atoms with Gasteiger partial charge in [-0.25, -0.2) is 4.79 Å². The van der Waals surface area contributed by atoms with Gasteiger partial charge in [0.1, 0.15) is 11.4 Å². The average Bonchev–Trinajstić information content (AvgIpc) is 3.01. The second kappa shape index (κ2) is 7.25. The van der Waals surface area contributed by atoms with E-state index in [4.69, 9.17) is 9.47 Å². The molecule has 2 aromatic rings. The van der Waals surface area contributed by atoms with Crippen LogP contribution < -0.4 is 15.4 Å². The highest BCUT2D eigenvalue weighted by atomic mass is 16.6. The van der Waals surface area contributed by atoms with Crippen molar-refractivity contribution in [1.29, 1.82) is 0 Å².